The molecule has 0 unspecified atom stereocenters. The summed E-state index contributed by atoms with van der Waals surface area (Å²) in [6.45, 7) is 4.74. The SMILES string of the molecule is Brc1ccccc1.CCCCCCCCOC(=O)c1cc(CCCCCCCC)ccc1C(=O)O. The maximum atomic E-state index is 12.4. The number of hydrogen-bond donors (Lipinski definition) is 1. The third-order valence-corrected chi connectivity index (χ3v) is 6.35. The van der Waals surface area contributed by atoms with Crippen LogP contribution in [0.2, 0.25) is 0 Å². The van der Waals surface area contributed by atoms with Crippen molar-refractivity contribution in [1.82, 2.24) is 0 Å². The lowest BCUT2D eigenvalue weighted by Gasteiger charge is -2.10. The summed E-state index contributed by atoms with van der Waals surface area (Å²) in [7, 11) is 0. The Labute approximate surface area is 220 Å². The maximum absolute atomic E-state index is 12.4. The number of esters is 1. The summed E-state index contributed by atoms with van der Waals surface area (Å²) >= 11 is 3.31. The first-order valence-electron chi connectivity index (χ1n) is 13.2. The summed E-state index contributed by atoms with van der Waals surface area (Å²) < 4.78 is 6.48. The Morgan fingerprint density at radius 3 is 1.86 bits per heavy atom. The molecule has 5 heteroatoms. The second kappa shape index (κ2) is 20.1. The van der Waals surface area contributed by atoms with Crippen molar-refractivity contribution in [3.8, 4) is 0 Å². The average Bonchev–Trinajstić information content (AvgIpc) is 2.86. The van der Waals surface area contributed by atoms with Gasteiger partial charge < -0.3 is 9.84 Å². The van der Waals surface area contributed by atoms with Gasteiger partial charge in [-0.2, -0.15) is 0 Å². The molecule has 0 aliphatic carbocycles. The largest absolute Gasteiger partial charge is 0.478 e. The van der Waals surface area contributed by atoms with Crippen LogP contribution in [0.1, 0.15) is 117 Å². The quantitative estimate of drug-likeness (QED) is 0.168. The summed E-state index contributed by atoms with van der Waals surface area (Å²) in [5, 5.41) is 9.39. The summed E-state index contributed by atoms with van der Waals surface area (Å²) in [4.78, 5) is 23.9. The van der Waals surface area contributed by atoms with Gasteiger partial charge in [-0.15, -0.1) is 0 Å². The highest BCUT2D eigenvalue weighted by molar-refractivity contribution is 9.10. The highest BCUT2D eigenvalue weighted by Crippen LogP contribution is 2.17. The normalized spacial score (nSPS) is 10.4. The van der Waals surface area contributed by atoms with Crippen LogP contribution in [-0.4, -0.2) is 23.7 Å². The van der Waals surface area contributed by atoms with Gasteiger partial charge in [0.05, 0.1) is 17.7 Å². The minimum Gasteiger partial charge on any atom is -0.478 e. The van der Waals surface area contributed by atoms with Crippen LogP contribution in [0.15, 0.2) is 53.0 Å². The topological polar surface area (TPSA) is 63.6 Å². The molecule has 0 saturated carbocycles. The predicted octanol–water partition coefficient (Wildman–Crippen LogP) is 9.25. The van der Waals surface area contributed by atoms with Crippen molar-refractivity contribution < 1.29 is 19.4 Å². The first-order chi connectivity index (χ1) is 17.0. The number of carboxylic acids is 1. The Morgan fingerprint density at radius 1 is 0.743 bits per heavy atom. The second-order valence-corrected chi connectivity index (χ2v) is 9.82. The van der Waals surface area contributed by atoms with Crippen molar-refractivity contribution >= 4 is 27.9 Å². The second-order valence-electron chi connectivity index (χ2n) is 8.90. The fraction of sp³-hybridized carbons (Fsp3) is 0.533. The number of benzene rings is 2. The molecule has 2 aromatic rings. The highest BCUT2D eigenvalue weighted by atomic mass is 79.9. The first-order valence-corrected chi connectivity index (χ1v) is 14.0. The number of aromatic carboxylic acids is 1. The minimum atomic E-state index is -1.09. The van der Waals surface area contributed by atoms with E-state index in [1.54, 1.807) is 6.07 Å². The van der Waals surface area contributed by atoms with Gasteiger partial charge in [-0.25, -0.2) is 9.59 Å². The zero-order chi connectivity index (χ0) is 25.7. The molecular weight excluding hydrogens is 504 g/mol. The molecule has 0 atom stereocenters. The Bertz CT molecular complexity index is 836. The van der Waals surface area contributed by atoms with Gasteiger partial charge in [-0.3, -0.25) is 0 Å². The van der Waals surface area contributed by atoms with Crippen molar-refractivity contribution in [3.63, 3.8) is 0 Å². The minimum absolute atomic E-state index is 0.0274. The van der Waals surface area contributed by atoms with Gasteiger partial charge in [0.2, 0.25) is 0 Å². The maximum Gasteiger partial charge on any atom is 0.339 e. The van der Waals surface area contributed by atoms with Crippen LogP contribution < -0.4 is 0 Å². The van der Waals surface area contributed by atoms with Gasteiger partial charge in [-0.1, -0.05) is 118 Å². The Balaban J connectivity index is 0.000000744. The smallest absolute Gasteiger partial charge is 0.339 e. The molecule has 2 aromatic carbocycles. The zero-order valence-corrected chi connectivity index (χ0v) is 23.2. The van der Waals surface area contributed by atoms with E-state index in [4.69, 9.17) is 4.74 Å². The fourth-order valence-electron chi connectivity index (χ4n) is 3.75. The molecule has 2 rings (SSSR count). The Kier molecular flexibility index (Phi) is 17.7. The van der Waals surface area contributed by atoms with E-state index in [1.165, 1.54) is 57.4 Å². The van der Waals surface area contributed by atoms with Crippen LogP contribution in [0.3, 0.4) is 0 Å². The molecule has 0 heterocycles. The number of ether oxygens (including phenoxy) is 1. The fourth-order valence-corrected chi connectivity index (χ4v) is 4.06. The molecule has 0 spiro atoms. The Hall–Kier alpha value is -2.14. The monoisotopic (exact) mass is 546 g/mol. The molecule has 0 bridgehead atoms. The summed E-state index contributed by atoms with van der Waals surface area (Å²) in [6.07, 6.45) is 14.8. The zero-order valence-electron chi connectivity index (χ0n) is 21.6. The predicted molar refractivity (Wildman–Crippen MR) is 148 cm³/mol. The number of carbonyl (C=O) groups excluding carboxylic acids is 1. The lowest BCUT2D eigenvalue weighted by molar-refractivity contribution is 0.0487. The van der Waals surface area contributed by atoms with Gasteiger partial charge in [-0.05, 0) is 49.1 Å². The molecule has 0 fully saturated rings. The van der Waals surface area contributed by atoms with E-state index in [0.717, 1.165) is 42.1 Å². The molecule has 0 amide bonds. The average molecular weight is 548 g/mol. The van der Waals surface area contributed by atoms with Crippen LogP contribution in [0.25, 0.3) is 0 Å². The first kappa shape index (κ1) is 30.9. The van der Waals surface area contributed by atoms with Crippen molar-refractivity contribution in [2.45, 2.75) is 97.3 Å². The number of rotatable bonds is 16. The number of hydrogen-bond acceptors (Lipinski definition) is 3. The lowest BCUT2D eigenvalue weighted by Crippen LogP contribution is -2.13. The molecule has 0 radical (unpaired) electrons. The van der Waals surface area contributed by atoms with Crippen LogP contribution in [-0.2, 0) is 11.2 Å². The van der Waals surface area contributed by atoms with Gasteiger partial charge in [0, 0.05) is 4.47 Å². The van der Waals surface area contributed by atoms with E-state index in [0.29, 0.717) is 6.61 Å². The van der Waals surface area contributed by atoms with Gasteiger partial charge in [0.15, 0.2) is 0 Å². The van der Waals surface area contributed by atoms with E-state index >= 15 is 0 Å². The molecule has 0 aromatic heterocycles. The van der Waals surface area contributed by atoms with E-state index in [1.807, 2.05) is 36.4 Å². The summed E-state index contributed by atoms with van der Waals surface area (Å²) in [5.74, 6) is -1.60. The van der Waals surface area contributed by atoms with Crippen molar-refractivity contribution in [2.24, 2.45) is 0 Å². The van der Waals surface area contributed by atoms with E-state index in [9.17, 15) is 14.7 Å². The number of carbonyl (C=O) groups is 2. The van der Waals surface area contributed by atoms with Crippen LogP contribution in [0.4, 0.5) is 0 Å². The van der Waals surface area contributed by atoms with Gasteiger partial charge in [0.1, 0.15) is 0 Å². The highest BCUT2D eigenvalue weighted by Gasteiger charge is 2.18. The standard InChI is InChI=1S/C24H38O4.C6H5Br/c1-3-5-7-9-11-13-15-20-16-17-21(23(25)26)22(19-20)24(27)28-18-14-12-10-8-6-4-2;7-6-4-2-1-3-5-6/h16-17,19H,3-15,18H2,1-2H3,(H,25,26);1-5H. The molecule has 0 saturated heterocycles. The van der Waals surface area contributed by atoms with E-state index < -0.39 is 11.9 Å². The molecule has 1 N–H and O–H groups in total. The molecule has 0 aliphatic rings. The lowest BCUT2D eigenvalue weighted by atomic mass is 9.99. The van der Waals surface area contributed by atoms with Crippen molar-refractivity contribution in [1.29, 1.82) is 0 Å². The van der Waals surface area contributed by atoms with Gasteiger partial charge in [0.25, 0.3) is 0 Å². The van der Waals surface area contributed by atoms with Crippen LogP contribution in [0.5, 0.6) is 0 Å². The number of halogens is 1. The Morgan fingerprint density at radius 2 is 1.31 bits per heavy atom. The molecule has 194 valence electrons. The molecular formula is C30H43BrO4. The third kappa shape index (κ3) is 14.8. The van der Waals surface area contributed by atoms with Crippen molar-refractivity contribution in [2.75, 3.05) is 6.61 Å². The molecule has 4 nitrogen and oxygen atoms in total. The van der Waals surface area contributed by atoms with Crippen LogP contribution in [0, 0.1) is 0 Å². The van der Waals surface area contributed by atoms with Gasteiger partial charge >= 0.3 is 11.9 Å². The number of unbranched alkanes of at least 4 members (excludes halogenated alkanes) is 10. The molecule has 0 aliphatic heterocycles. The van der Waals surface area contributed by atoms with E-state index in [-0.39, 0.29) is 11.1 Å². The third-order valence-electron chi connectivity index (χ3n) is 5.82. The molecule has 35 heavy (non-hydrogen) atoms. The summed E-state index contributed by atoms with van der Waals surface area (Å²) in [5.41, 5.74) is 1.22. The number of carboxylic acid groups (broad SMARTS) is 1. The number of aryl methyl sites for hydroxylation is 1. The van der Waals surface area contributed by atoms with E-state index in [2.05, 4.69) is 29.8 Å². The van der Waals surface area contributed by atoms with Crippen LogP contribution >= 0.6 is 15.9 Å². The van der Waals surface area contributed by atoms with Crippen molar-refractivity contribution in [3.05, 3.63) is 69.7 Å². The summed E-state index contributed by atoms with van der Waals surface area (Å²) in [6, 6.07) is 15.0.